The van der Waals surface area contributed by atoms with Crippen molar-refractivity contribution in [2.45, 2.75) is 185 Å². The number of amides is 15. The van der Waals surface area contributed by atoms with E-state index in [4.69, 9.17) is 22.9 Å². The Bertz CT molecular complexity index is 2670. The molecule has 3 heterocycles. The first kappa shape index (κ1) is 74.8. The molecule has 0 aromatic carbocycles. The Labute approximate surface area is 520 Å². The number of thioether (sulfide) groups is 1. The molecule has 33 nitrogen and oxygen atoms in total. The number of carbonyl (C=O) groups excluding carboxylic acids is 15. The number of carbonyl (C=O) groups is 15. The number of imidazole rings is 1. The number of H-pyrrole nitrogens is 1. The molecule has 2 aliphatic rings. The van der Waals surface area contributed by atoms with Crippen LogP contribution in [0, 0.1) is 11.8 Å². The predicted octanol–water partition coefficient (Wildman–Crippen LogP) is -6.05. The van der Waals surface area contributed by atoms with E-state index < -0.39 is 206 Å². The summed E-state index contributed by atoms with van der Waals surface area (Å²) in [5, 5.41) is 27.5. The number of nitrogens with one attached hydrogen (secondary N) is 12. The Morgan fingerprint density at radius 2 is 1.37 bits per heavy atom. The molecule has 0 saturated carbocycles. The molecule has 2 saturated heterocycles. The van der Waals surface area contributed by atoms with Gasteiger partial charge in [0, 0.05) is 51.2 Å². The van der Waals surface area contributed by atoms with Crippen molar-refractivity contribution in [3.05, 3.63) is 18.2 Å². The monoisotopic (exact) mass is 1270 g/mol. The van der Waals surface area contributed by atoms with Crippen LogP contribution in [0.2, 0.25) is 0 Å². The molecule has 0 bridgehead atoms. The van der Waals surface area contributed by atoms with E-state index in [1.54, 1.807) is 34.0 Å². The highest BCUT2D eigenvalue weighted by atomic mass is 32.2. The molecule has 3 rings (SSSR count). The fourth-order valence-corrected chi connectivity index (χ4v) is 10.1. The number of hydrogen-bond donors (Lipinski definition) is 16. The van der Waals surface area contributed by atoms with E-state index in [-0.39, 0.29) is 45.2 Å². The molecule has 0 unspecified atom stereocenters. The van der Waals surface area contributed by atoms with Crippen LogP contribution in [-0.4, -0.2) is 202 Å². The van der Waals surface area contributed by atoms with Gasteiger partial charge in [0.2, 0.25) is 88.6 Å². The molecule has 20 N–H and O–H groups in total. The van der Waals surface area contributed by atoms with Gasteiger partial charge in [-0.15, -0.1) is 0 Å². The zero-order chi connectivity index (χ0) is 66.5. The summed E-state index contributed by atoms with van der Waals surface area (Å²) < 4.78 is 0. The van der Waals surface area contributed by atoms with Crippen molar-refractivity contribution in [3.63, 3.8) is 0 Å². The highest BCUT2D eigenvalue weighted by molar-refractivity contribution is 7.98. The minimum atomic E-state index is -1.93. The minimum Gasteiger partial charge on any atom is -0.370 e. The van der Waals surface area contributed by atoms with Crippen LogP contribution < -0.4 is 81.4 Å². The number of nitrogens with zero attached hydrogens (tertiary/aromatic N) is 2. The van der Waals surface area contributed by atoms with Crippen molar-refractivity contribution in [3.8, 4) is 0 Å². The number of aromatic nitrogens is 2. The largest absolute Gasteiger partial charge is 0.370 e. The van der Waals surface area contributed by atoms with Crippen molar-refractivity contribution in [1.29, 1.82) is 0 Å². The molecule has 2 fully saturated rings. The predicted molar refractivity (Wildman–Crippen MR) is 322 cm³/mol. The molecule has 0 spiro atoms. The number of nitrogens with two attached hydrogens (primary N) is 4. The summed E-state index contributed by atoms with van der Waals surface area (Å²) in [6, 6.07) is -15.1. The quantitative estimate of drug-likeness (QED) is 0.0405. The van der Waals surface area contributed by atoms with Gasteiger partial charge in [0.25, 0.3) is 0 Å². The summed E-state index contributed by atoms with van der Waals surface area (Å²) in [6.07, 6.45) is 3.04. The highest BCUT2D eigenvalue weighted by Gasteiger charge is 2.42. The summed E-state index contributed by atoms with van der Waals surface area (Å²) >= 11 is 1.35. The third kappa shape index (κ3) is 25.3. The van der Waals surface area contributed by atoms with Crippen molar-refractivity contribution in [1.82, 2.24) is 73.4 Å². The topological polar surface area (TPSA) is 524 Å². The Morgan fingerprint density at radius 1 is 0.730 bits per heavy atom. The maximum Gasteiger partial charge on any atom is 0.245 e. The molecule has 1 aromatic heterocycles. The average Bonchev–Trinajstić information content (AvgIpc) is 2.79. The summed E-state index contributed by atoms with van der Waals surface area (Å²) in [5.41, 5.74) is 22.7. The van der Waals surface area contributed by atoms with E-state index in [9.17, 15) is 71.9 Å². The Kier molecular flexibility index (Phi) is 32.0. The molecule has 15 amide bonds. The molecule has 2 aliphatic heterocycles. The second-order valence-electron chi connectivity index (χ2n) is 22.1. The molecule has 0 aliphatic carbocycles. The standard InChI is InChI=1S/C55H90N18O15S/c1-7-28(3)44(46(59)79)71-51(84)37-23-42(77)61-25-38(70-49(82)34(18-21-89-6)64-30(5)74)52(85)72-45(29(4)8-2)54(87)67-35(12-9-10-19-56)55(88)73-20-11-13-39(73)53(86)69-36(22-31-24-60-27-63-31)50(83)66-32(14-16-40(57)75)47(80)62-26-43(78)65-33(48(81)68-37)15-17-41(58)76/h24,27-29,32-39,44-45H,7-23,25-26,56H2,1-6H3,(H2,57,75)(H2,58,76)(H2,59,79)(H,60,63)(H,61,77)(H,62,80)(H,64,74)(H,65,78)(H,66,83)(H,67,87)(H,68,81)(H,69,86)(H,70,82)(H,71,84)(H,72,85)/t28-,29-,32-,33-,34-,35-,36-,37-,38-,39-,44-,45-/m0/s1. The van der Waals surface area contributed by atoms with Gasteiger partial charge in [0.15, 0.2) is 0 Å². The van der Waals surface area contributed by atoms with Gasteiger partial charge in [-0.05, 0) is 81.8 Å². The van der Waals surface area contributed by atoms with E-state index >= 15 is 0 Å². The van der Waals surface area contributed by atoms with Crippen molar-refractivity contribution in [2.75, 3.05) is 38.2 Å². The highest BCUT2D eigenvalue weighted by Crippen LogP contribution is 2.22. The first-order valence-corrected chi connectivity index (χ1v) is 31.1. The van der Waals surface area contributed by atoms with E-state index in [2.05, 4.69) is 68.5 Å². The van der Waals surface area contributed by atoms with E-state index in [0.29, 0.717) is 37.1 Å². The molecule has 34 heteroatoms. The smallest absolute Gasteiger partial charge is 0.245 e. The summed E-state index contributed by atoms with van der Waals surface area (Å²) in [6.45, 7) is 6.35. The molecule has 496 valence electrons. The molecule has 12 atom stereocenters. The van der Waals surface area contributed by atoms with Crippen molar-refractivity contribution >= 4 is 100 Å². The van der Waals surface area contributed by atoms with Crippen molar-refractivity contribution < 1.29 is 71.9 Å². The maximum atomic E-state index is 14.8. The second-order valence-corrected chi connectivity index (χ2v) is 23.1. The normalized spacial score (nSPS) is 23.8. The van der Waals surface area contributed by atoms with E-state index in [1.165, 1.54) is 36.1 Å². The SMILES string of the molecule is CC[C@H](C)[C@H](NC(=O)[C@@H]1CC(=O)NC[C@H](NC(=O)[C@H](CCSC)NC(C)=O)C(=O)N[C@@H]([C@@H](C)CC)C(=O)N[C@@H](CCCCN)C(=O)N2CCC[C@H]2C(=O)N[C@@H](Cc2cnc[nH]2)C(=O)N[C@@H](CCC(N)=O)C(=O)NCC(=O)N[C@@H](CCC(N)=O)C(=O)N1)C(N)=O. The van der Waals surface area contributed by atoms with Crippen LogP contribution in [0.25, 0.3) is 0 Å². The third-order valence-corrected chi connectivity index (χ3v) is 15.8. The van der Waals surface area contributed by atoms with Crippen LogP contribution in [-0.2, 0) is 78.3 Å². The van der Waals surface area contributed by atoms with E-state index in [0.717, 1.165) is 0 Å². The fourth-order valence-electron chi connectivity index (χ4n) is 9.65. The first-order chi connectivity index (χ1) is 42.1. The molecule has 1 aromatic rings. The van der Waals surface area contributed by atoms with Gasteiger partial charge in [-0.2, -0.15) is 11.8 Å². The molecule has 0 radical (unpaired) electrons. The van der Waals surface area contributed by atoms with Gasteiger partial charge in [-0.3, -0.25) is 71.9 Å². The number of aromatic amines is 1. The van der Waals surface area contributed by atoms with Gasteiger partial charge in [-0.25, -0.2) is 4.98 Å². The summed E-state index contributed by atoms with van der Waals surface area (Å²) in [7, 11) is 0. The zero-order valence-corrected chi connectivity index (χ0v) is 52.1. The number of unbranched alkanes of at least 4 members (excludes halogenated alkanes) is 1. The number of rotatable bonds is 25. The fraction of sp³-hybridized carbons (Fsp3) is 0.673. The lowest BCUT2D eigenvalue weighted by Gasteiger charge is -2.32. The van der Waals surface area contributed by atoms with Crippen LogP contribution in [0.1, 0.15) is 124 Å². The third-order valence-electron chi connectivity index (χ3n) is 15.2. The van der Waals surface area contributed by atoms with E-state index in [1.807, 2.05) is 0 Å². The van der Waals surface area contributed by atoms with Crippen LogP contribution in [0.5, 0.6) is 0 Å². The maximum absolute atomic E-state index is 14.8. The van der Waals surface area contributed by atoms with Crippen molar-refractivity contribution in [2.24, 2.45) is 34.8 Å². The van der Waals surface area contributed by atoms with Gasteiger partial charge in [0.1, 0.15) is 60.4 Å². The second kappa shape index (κ2) is 38.1. The van der Waals surface area contributed by atoms with Crippen LogP contribution in [0.4, 0.5) is 0 Å². The van der Waals surface area contributed by atoms with Gasteiger partial charge in [-0.1, -0.05) is 40.5 Å². The molecular weight excluding hydrogens is 1180 g/mol. The number of hydrogen-bond acceptors (Lipinski definition) is 18. The minimum absolute atomic E-state index is 0.00860. The molecule has 89 heavy (non-hydrogen) atoms. The number of primary amides is 3. The summed E-state index contributed by atoms with van der Waals surface area (Å²) in [4.78, 5) is 214. The Hall–Kier alpha value is -8.43. The average molecular weight is 1280 g/mol. The van der Waals surface area contributed by atoms with Crippen LogP contribution >= 0.6 is 11.8 Å². The first-order valence-electron chi connectivity index (χ1n) is 29.7. The Morgan fingerprint density at radius 3 is 1.96 bits per heavy atom. The summed E-state index contributed by atoms with van der Waals surface area (Å²) in [5.74, 6) is -15.1. The van der Waals surface area contributed by atoms with Gasteiger partial charge < -0.3 is 91.3 Å². The number of fused-ring (bicyclic) bond motifs is 1. The lowest BCUT2D eigenvalue weighted by atomic mass is 9.96. The van der Waals surface area contributed by atoms with Crippen LogP contribution in [0.15, 0.2) is 12.5 Å². The zero-order valence-electron chi connectivity index (χ0n) is 51.3. The van der Waals surface area contributed by atoms with Gasteiger partial charge >= 0.3 is 0 Å². The Balaban J connectivity index is 2.29. The lowest BCUT2D eigenvalue weighted by Crippen LogP contribution is -2.62. The lowest BCUT2D eigenvalue weighted by molar-refractivity contribution is -0.143. The van der Waals surface area contributed by atoms with Gasteiger partial charge in [0.05, 0.1) is 19.3 Å². The molecular formula is C55H90N18O15S. The van der Waals surface area contributed by atoms with Crippen LogP contribution in [0.3, 0.4) is 0 Å².